The minimum Gasteiger partial charge on any atom is -0.756 e. The number of allylic oxidation sites excluding steroid dienone is 18. The van der Waals surface area contributed by atoms with Gasteiger partial charge in [0.2, 0.25) is 0 Å². The number of nitrogens with zero attached hydrogens (tertiary/aromatic N) is 1. The van der Waals surface area contributed by atoms with Crippen LogP contribution in [-0.2, 0) is 27.9 Å². The maximum Gasteiger partial charge on any atom is 0.306 e. The number of hydrogen-bond donors (Lipinski definition) is 0. The molecule has 0 radical (unpaired) electrons. The van der Waals surface area contributed by atoms with Gasteiger partial charge in [-0.05, 0) is 96.3 Å². The zero-order chi connectivity index (χ0) is 46.9. The molecule has 0 aliphatic carbocycles. The third-order valence-corrected chi connectivity index (χ3v) is 11.0. The largest absolute Gasteiger partial charge is 0.756 e. The smallest absolute Gasteiger partial charge is 0.306 e. The van der Waals surface area contributed by atoms with Gasteiger partial charge in [0.05, 0.1) is 34.4 Å². The topological polar surface area (TPSA) is 94.1 Å². The maximum atomic E-state index is 12.7. The Labute approximate surface area is 393 Å². The highest BCUT2D eigenvalue weighted by molar-refractivity contribution is 7.45. The molecule has 2 atom stereocenters. The Morgan fingerprint density at radius 3 is 1.36 bits per heavy atom. The summed E-state index contributed by atoms with van der Waals surface area (Å²) >= 11 is 0. The Morgan fingerprint density at radius 2 is 0.906 bits per heavy atom. The van der Waals surface area contributed by atoms with E-state index in [0.29, 0.717) is 24.1 Å². The van der Waals surface area contributed by atoms with Crippen molar-refractivity contribution in [1.29, 1.82) is 0 Å². The van der Waals surface area contributed by atoms with Crippen molar-refractivity contribution in [3.8, 4) is 0 Å². The van der Waals surface area contributed by atoms with E-state index in [1.165, 1.54) is 70.6 Å². The normalized spacial score (nSPS) is 14.5. The molecule has 0 saturated carbocycles. The van der Waals surface area contributed by atoms with Gasteiger partial charge in [0.15, 0.2) is 0 Å². The molecule has 0 aromatic carbocycles. The van der Waals surface area contributed by atoms with Crippen LogP contribution in [0.4, 0.5) is 0 Å². The quantitative estimate of drug-likeness (QED) is 0.0197. The minimum atomic E-state index is -4.56. The van der Waals surface area contributed by atoms with Crippen molar-refractivity contribution < 1.29 is 37.3 Å². The lowest BCUT2D eigenvalue weighted by atomic mass is 10.1. The van der Waals surface area contributed by atoms with Crippen molar-refractivity contribution >= 4 is 13.8 Å². The first-order valence-electron chi connectivity index (χ1n) is 25.1. The maximum absolute atomic E-state index is 12.7. The van der Waals surface area contributed by atoms with Crippen LogP contribution in [0.2, 0.25) is 0 Å². The summed E-state index contributed by atoms with van der Waals surface area (Å²) in [6.45, 7) is 5.17. The van der Waals surface area contributed by atoms with Crippen molar-refractivity contribution in [2.45, 2.75) is 180 Å². The lowest BCUT2D eigenvalue weighted by molar-refractivity contribution is -0.870. The molecule has 0 amide bonds. The molecular weight excluding hydrogens is 818 g/mol. The lowest BCUT2D eigenvalue weighted by Gasteiger charge is -2.28. The second-order valence-electron chi connectivity index (χ2n) is 17.4. The van der Waals surface area contributed by atoms with Gasteiger partial charge >= 0.3 is 5.97 Å². The van der Waals surface area contributed by atoms with Crippen molar-refractivity contribution in [3.63, 3.8) is 0 Å². The molecule has 0 aliphatic rings. The molecular formula is C55H94NO7P. The van der Waals surface area contributed by atoms with E-state index in [2.05, 4.69) is 123 Å². The summed E-state index contributed by atoms with van der Waals surface area (Å²) in [5, 5.41) is 0. The average Bonchev–Trinajstić information content (AvgIpc) is 3.25. The predicted octanol–water partition coefficient (Wildman–Crippen LogP) is 14.9. The summed E-state index contributed by atoms with van der Waals surface area (Å²) in [4.78, 5) is 25.1. The number of quaternary nitrogens is 1. The molecule has 8 nitrogen and oxygen atoms in total. The number of phosphoric ester groups is 1. The van der Waals surface area contributed by atoms with Gasteiger partial charge in [0, 0.05) is 13.0 Å². The summed E-state index contributed by atoms with van der Waals surface area (Å²) in [6.07, 6.45) is 65.5. The van der Waals surface area contributed by atoms with Crippen LogP contribution in [0.15, 0.2) is 109 Å². The molecule has 64 heavy (non-hydrogen) atoms. The van der Waals surface area contributed by atoms with Crippen LogP contribution >= 0.6 is 7.82 Å². The fourth-order valence-electron chi connectivity index (χ4n) is 6.21. The molecule has 0 fully saturated rings. The summed E-state index contributed by atoms with van der Waals surface area (Å²) in [7, 11) is 1.30. The molecule has 0 aliphatic heterocycles. The third kappa shape index (κ3) is 50.2. The number of carbonyl (C=O) groups excluding carboxylic acids is 1. The fraction of sp³-hybridized carbons (Fsp3) is 0.655. The van der Waals surface area contributed by atoms with E-state index in [1.54, 1.807) is 0 Å². The predicted molar refractivity (Wildman–Crippen MR) is 272 cm³/mol. The van der Waals surface area contributed by atoms with Crippen molar-refractivity contribution in [3.05, 3.63) is 109 Å². The number of ether oxygens (including phenoxy) is 2. The summed E-state index contributed by atoms with van der Waals surface area (Å²) in [6, 6.07) is 0. The highest BCUT2D eigenvalue weighted by Gasteiger charge is 2.20. The van der Waals surface area contributed by atoms with Crippen LogP contribution in [0.5, 0.6) is 0 Å². The number of likely N-dealkylation sites (N-methyl/N-ethyl adjacent to an activating group) is 1. The summed E-state index contributed by atoms with van der Waals surface area (Å²) in [5.41, 5.74) is 0. The molecule has 0 spiro atoms. The van der Waals surface area contributed by atoms with Gasteiger partial charge in [-0.15, -0.1) is 0 Å². The van der Waals surface area contributed by atoms with Crippen LogP contribution < -0.4 is 4.89 Å². The first kappa shape index (κ1) is 61.2. The number of hydrogen-bond acceptors (Lipinski definition) is 7. The summed E-state index contributed by atoms with van der Waals surface area (Å²) in [5.74, 6) is -0.397. The molecule has 366 valence electrons. The Hall–Kier alpha value is -2.84. The second kappa shape index (κ2) is 46.7. The standard InChI is InChI=1S/C55H94NO7P/c1-6-8-10-12-14-16-18-20-22-24-26-27-28-29-30-32-34-36-38-40-42-44-46-48-55(57)63-54(53-62-64(58,59)61-51-49-56(3,4)5)52-60-50-47-45-43-41-39-37-35-33-31-25-23-21-19-17-15-13-11-9-7-2/h8,10,14,16-17,19-20,22-23,25-27,29-30,34,36,40,42,54H,6-7,9,11-13,15,18,21,24,28,31-33,35,37-39,41,43-53H2,1-5H3/b10-8-,16-14-,19-17-,22-20-,25-23-,27-26-,30-29-,36-34-,42-40-. The lowest BCUT2D eigenvalue weighted by Crippen LogP contribution is -2.37. The zero-order valence-corrected chi connectivity index (χ0v) is 42.3. The van der Waals surface area contributed by atoms with Crippen LogP contribution in [0.25, 0.3) is 0 Å². The Morgan fingerprint density at radius 1 is 0.500 bits per heavy atom. The molecule has 0 heterocycles. The molecule has 0 rings (SSSR count). The van der Waals surface area contributed by atoms with Crippen molar-refractivity contribution in [1.82, 2.24) is 0 Å². The van der Waals surface area contributed by atoms with E-state index in [9.17, 15) is 14.3 Å². The molecule has 9 heteroatoms. The highest BCUT2D eigenvalue weighted by atomic mass is 31.2. The van der Waals surface area contributed by atoms with E-state index < -0.39 is 19.9 Å². The van der Waals surface area contributed by atoms with E-state index in [-0.39, 0.29) is 26.2 Å². The molecule has 0 aromatic heterocycles. The van der Waals surface area contributed by atoms with Gasteiger partial charge in [-0.1, -0.05) is 181 Å². The van der Waals surface area contributed by atoms with Gasteiger partial charge in [0.25, 0.3) is 7.82 Å². The Kier molecular flexibility index (Phi) is 44.6. The second-order valence-corrected chi connectivity index (χ2v) is 18.8. The van der Waals surface area contributed by atoms with Crippen LogP contribution in [0, 0.1) is 0 Å². The van der Waals surface area contributed by atoms with Gasteiger partial charge in [-0.2, -0.15) is 0 Å². The highest BCUT2D eigenvalue weighted by Crippen LogP contribution is 2.38. The average molecular weight is 912 g/mol. The first-order chi connectivity index (χ1) is 31.1. The van der Waals surface area contributed by atoms with Gasteiger partial charge in [-0.3, -0.25) is 9.36 Å². The SMILES string of the molecule is CC/C=C\C/C=C\C/C=C\C/C=C\C/C=C\C/C=C\C/C=C\CCCC(=O)OC(COCCCCCCCCCC/C=C\C/C=C\CCCCCC)COP(=O)([O-])OCC[N+](C)(C)C. The summed E-state index contributed by atoms with van der Waals surface area (Å²) < 4.78 is 34.6. The van der Waals surface area contributed by atoms with E-state index >= 15 is 0 Å². The number of esters is 1. The van der Waals surface area contributed by atoms with Crippen molar-refractivity contribution in [2.24, 2.45) is 0 Å². The minimum absolute atomic E-state index is 0.00753. The Balaban J connectivity index is 4.32. The third-order valence-electron chi connectivity index (χ3n) is 10.1. The van der Waals surface area contributed by atoms with E-state index in [0.717, 1.165) is 77.0 Å². The zero-order valence-electron chi connectivity index (χ0n) is 41.4. The molecule has 0 bridgehead atoms. The fourth-order valence-corrected chi connectivity index (χ4v) is 6.94. The number of rotatable bonds is 45. The molecule has 0 saturated heterocycles. The first-order valence-corrected chi connectivity index (χ1v) is 26.6. The molecule has 2 unspecified atom stereocenters. The molecule has 0 aromatic rings. The van der Waals surface area contributed by atoms with Crippen molar-refractivity contribution in [2.75, 3.05) is 54.1 Å². The van der Waals surface area contributed by atoms with Gasteiger partial charge in [-0.25, -0.2) is 0 Å². The van der Waals surface area contributed by atoms with Gasteiger partial charge < -0.3 is 27.9 Å². The Bertz CT molecular complexity index is 1380. The molecule has 0 N–H and O–H groups in total. The van der Waals surface area contributed by atoms with Crippen LogP contribution in [-0.4, -0.2) is 70.7 Å². The number of unbranched alkanes of at least 4 members (excludes halogenated alkanes) is 13. The van der Waals surface area contributed by atoms with E-state index in [4.69, 9.17) is 18.5 Å². The van der Waals surface area contributed by atoms with E-state index in [1.807, 2.05) is 21.1 Å². The number of phosphoric acid groups is 1. The van der Waals surface area contributed by atoms with Crippen LogP contribution in [0.3, 0.4) is 0 Å². The monoisotopic (exact) mass is 912 g/mol. The van der Waals surface area contributed by atoms with Crippen LogP contribution in [0.1, 0.15) is 174 Å². The number of carbonyl (C=O) groups is 1. The van der Waals surface area contributed by atoms with Gasteiger partial charge in [0.1, 0.15) is 19.3 Å².